The van der Waals surface area contributed by atoms with E-state index in [2.05, 4.69) is 9.72 Å². The van der Waals surface area contributed by atoms with Gasteiger partial charge in [0.1, 0.15) is 11.8 Å². The first kappa shape index (κ1) is 15.8. The maximum absolute atomic E-state index is 12.6. The Morgan fingerprint density at radius 3 is 2.50 bits per heavy atom. The summed E-state index contributed by atoms with van der Waals surface area (Å²) in [5, 5.41) is 8.73. The third-order valence-corrected chi connectivity index (χ3v) is 2.30. The van der Waals surface area contributed by atoms with Crippen LogP contribution in [-0.2, 0) is 22.1 Å². The highest BCUT2D eigenvalue weighted by molar-refractivity contribution is 5.72. The van der Waals surface area contributed by atoms with E-state index < -0.39 is 47.5 Å². The molecular formula is C11H7F5N2O2. The molecule has 0 aliphatic heterocycles. The lowest BCUT2D eigenvalue weighted by Gasteiger charge is -2.14. The van der Waals surface area contributed by atoms with Crippen LogP contribution in [0.5, 0.6) is 0 Å². The molecule has 20 heavy (non-hydrogen) atoms. The second-order valence-corrected chi connectivity index (χ2v) is 3.58. The average molecular weight is 294 g/mol. The number of alkyl halides is 5. The van der Waals surface area contributed by atoms with Gasteiger partial charge in [0, 0.05) is 0 Å². The quantitative estimate of drug-likeness (QED) is 0.635. The number of ether oxygens (including phenoxy) is 1. The number of methoxy groups -OCH3 is 1. The van der Waals surface area contributed by atoms with Gasteiger partial charge in [0.15, 0.2) is 0 Å². The minimum absolute atomic E-state index is 0.257. The molecule has 0 saturated heterocycles. The van der Waals surface area contributed by atoms with Crippen LogP contribution in [0, 0.1) is 11.3 Å². The lowest BCUT2D eigenvalue weighted by molar-refractivity contribution is -0.140. The number of esters is 1. The molecule has 0 aliphatic rings. The number of nitrogens with zero attached hydrogens (tertiary/aromatic N) is 2. The summed E-state index contributed by atoms with van der Waals surface area (Å²) in [6.07, 6.45) is -9.23. The van der Waals surface area contributed by atoms with Crippen LogP contribution in [0.2, 0.25) is 0 Å². The molecule has 0 N–H and O–H groups in total. The molecule has 1 rings (SSSR count). The molecule has 1 aromatic heterocycles. The van der Waals surface area contributed by atoms with Crippen molar-refractivity contribution in [1.82, 2.24) is 4.98 Å². The van der Waals surface area contributed by atoms with Crippen molar-refractivity contribution in [3.8, 4) is 6.07 Å². The summed E-state index contributed by atoms with van der Waals surface area (Å²) in [6.45, 7) is 0. The van der Waals surface area contributed by atoms with E-state index in [-0.39, 0.29) is 6.07 Å². The Balaban J connectivity index is 3.46. The van der Waals surface area contributed by atoms with Crippen LogP contribution in [0.4, 0.5) is 22.0 Å². The van der Waals surface area contributed by atoms with E-state index in [4.69, 9.17) is 5.26 Å². The van der Waals surface area contributed by atoms with Crippen molar-refractivity contribution in [3.63, 3.8) is 0 Å². The average Bonchev–Trinajstić information content (AvgIpc) is 2.36. The van der Waals surface area contributed by atoms with Crippen molar-refractivity contribution >= 4 is 5.97 Å². The largest absolute Gasteiger partial charge is 0.469 e. The van der Waals surface area contributed by atoms with Gasteiger partial charge < -0.3 is 4.74 Å². The van der Waals surface area contributed by atoms with Gasteiger partial charge in [-0.15, -0.1) is 0 Å². The lowest BCUT2D eigenvalue weighted by Crippen LogP contribution is -2.16. The molecule has 0 fully saturated rings. The van der Waals surface area contributed by atoms with Crippen LogP contribution >= 0.6 is 0 Å². The van der Waals surface area contributed by atoms with Crippen molar-refractivity contribution < 1.29 is 31.5 Å². The molecular weight excluding hydrogens is 287 g/mol. The summed E-state index contributed by atoms with van der Waals surface area (Å²) in [7, 11) is 1.01. The van der Waals surface area contributed by atoms with E-state index in [1.807, 2.05) is 0 Å². The second-order valence-electron chi connectivity index (χ2n) is 3.58. The molecule has 0 saturated carbocycles. The number of aromatic nitrogens is 1. The van der Waals surface area contributed by atoms with Gasteiger partial charge in [-0.05, 0) is 6.07 Å². The maximum atomic E-state index is 12.6. The van der Waals surface area contributed by atoms with Gasteiger partial charge in [0.2, 0.25) is 0 Å². The number of halogens is 5. The van der Waals surface area contributed by atoms with Gasteiger partial charge in [-0.2, -0.15) is 18.4 Å². The molecule has 0 spiro atoms. The number of carbonyl (C=O) groups excluding carboxylic acids is 1. The highest BCUT2D eigenvalue weighted by Crippen LogP contribution is 2.36. The van der Waals surface area contributed by atoms with E-state index >= 15 is 0 Å². The summed E-state index contributed by atoms with van der Waals surface area (Å²) >= 11 is 0. The van der Waals surface area contributed by atoms with Crippen LogP contribution in [0.1, 0.15) is 28.9 Å². The second kappa shape index (κ2) is 5.81. The predicted octanol–water partition coefficient (Wildman–Crippen LogP) is 2.63. The molecule has 1 heterocycles. The molecule has 0 amide bonds. The SMILES string of the molecule is COC(=O)Cc1nc(C(F)F)c(C(F)(F)F)cc1C#N. The van der Waals surface area contributed by atoms with Crippen LogP contribution in [0.25, 0.3) is 0 Å². The normalized spacial score (nSPS) is 11.3. The van der Waals surface area contributed by atoms with Crippen LogP contribution in [0.15, 0.2) is 6.07 Å². The van der Waals surface area contributed by atoms with Gasteiger partial charge in [0.05, 0.1) is 30.4 Å². The van der Waals surface area contributed by atoms with Crippen LogP contribution in [-0.4, -0.2) is 18.1 Å². The minimum atomic E-state index is -5.08. The monoisotopic (exact) mass is 294 g/mol. The van der Waals surface area contributed by atoms with Crippen LogP contribution < -0.4 is 0 Å². The highest BCUT2D eigenvalue weighted by atomic mass is 19.4. The van der Waals surface area contributed by atoms with Crippen molar-refractivity contribution in [1.29, 1.82) is 5.26 Å². The highest BCUT2D eigenvalue weighted by Gasteiger charge is 2.38. The summed E-state index contributed by atoms with van der Waals surface area (Å²) in [4.78, 5) is 14.1. The van der Waals surface area contributed by atoms with Gasteiger partial charge in [-0.3, -0.25) is 4.79 Å². The number of nitriles is 1. The molecule has 9 heteroatoms. The molecule has 0 bridgehead atoms. The van der Waals surface area contributed by atoms with E-state index in [9.17, 15) is 26.7 Å². The number of pyridine rings is 1. The molecule has 0 aromatic carbocycles. The van der Waals surface area contributed by atoms with Crippen molar-refractivity contribution in [2.75, 3.05) is 7.11 Å². The van der Waals surface area contributed by atoms with Crippen molar-refractivity contribution in [2.24, 2.45) is 0 Å². The maximum Gasteiger partial charge on any atom is 0.418 e. The zero-order valence-electron chi connectivity index (χ0n) is 9.96. The first-order valence-corrected chi connectivity index (χ1v) is 5.06. The fraction of sp³-hybridized carbons (Fsp3) is 0.364. The Kier molecular flexibility index (Phi) is 4.60. The number of hydrogen-bond donors (Lipinski definition) is 0. The van der Waals surface area contributed by atoms with Gasteiger partial charge in [-0.25, -0.2) is 13.8 Å². The molecule has 108 valence electrons. The molecule has 1 aromatic rings. The Labute approximate surface area is 109 Å². The number of rotatable bonds is 3. The Hall–Kier alpha value is -2.24. The first-order chi connectivity index (χ1) is 9.20. The summed E-state index contributed by atoms with van der Waals surface area (Å²) in [6, 6.07) is 1.65. The topological polar surface area (TPSA) is 63.0 Å². The molecule has 0 aliphatic carbocycles. The summed E-state index contributed by atoms with van der Waals surface area (Å²) in [5.74, 6) is -0.908. The van der Waals surface area contributed by atoms with Gasteiger partial charge in [-0.1, -0.05) is 0 Å². The van der Waals surface area contributed by atoms with Gasteiger partial charge in [0.25, 0.3) is 6.43 Å². The molecule has 0 atom stereocenters. The predicted molar refractivity (Wildman–Crippen MR) is 54.6 cm³/mol. The van der Waals surface area contributed by atoms with E-state index in [1.165, 1.54) is 6.07 Å². The lowest BCUT2D eigenvalue weighted by atomic mass is 10.1. The Bertz CT molecular complexity index is 563. The number of carbonyl (C=O) groups is 1. The molecule has 0 radical (unpaired) electrons. The number of hydrogen-bond acceptors (Lipinski definition) is 4. The Morgan fingerprint density at radius 2 is 2.10 bits per heavy atom. The minimum Gasteiger partial charge on any atom is -0.469 e. The van der Waals surface area contributed by atoms with Crippen molar-refractivity contribution in [2.45, 2.75) is 19.0 Å². The smallest absolute Gasteiger partial charge is 0.418 e. The first-order valence-electron chi connectivity index (χ1n) is 5.06. The van der Waals surface area contributed by atoms with Gasteiger partial charge >= 0.3 is 12.1 Å². The third kappa shape index (κ3) is 3.40. The molecule has 0 unspecified atom stereocenters. The standard InChI is InChI=1S/C11H7F5N2O2/c1-20-8(19)3-7-5(4-17)2-6(11(14,15)16)9(18-7)10(12)13/h2,10H,3H2,1H3. The summed E-state index contributed by atoms with van der Waals surface area (Å²) in [5.41, 5.74) is -4.30. The van der Waals surface area contributed by atoms with Crippen molar-refractivity contribution in [3.05, 3.63) is 28.6 Å². The zero-order valence-corrected chi connectivity index (χ0v) is 9.96. The van der Waals surface area contributed by atoms with Crippen LogP contribution in [0.3, 0.4) is 0 Å². The fourth-order valence-electron chi connectivity index (χ4n) is 1.40. The van der Waals surface area contributed by atoms with E-state index in [0.29, 0.717) is 0 Å². The summed E-state index contributed by atoms with van der Waals surface area (Å²) < 4.78 is 67.3. The fourth-order valence-corrected chi connectivity index (χ4v) is 1.40. The zero-order chi connectivity index (χ0) is 15.5. The molecule has 4 nitrogen and oxygen atoms in total. The van der Waals surface area contributed by atoms with E-state index in [1.54, 1.807) is 0 Å². The Morgan fingerprint density at radius 1 is 1.50 bits per heavy atom. The van der Waals surface area contributed by atoms with E-state index in [0.717, 1.165) is 7.11 Å². The third-order valence-electron chi connectivity index (χ3n) is 2.30.